The van der Waals surface area contributed by atoms with Gasteiger partial charge in [-0.15, -0.1) is 0 Å². The van der Waals surface area contributed by atoms with Gasteiger partial charge in [0.25, 0.3) is 5.91 Å². The first kappa shape index (κ1) is 21.3. The second-order valence-electron chi connectivity index (χ2n) is 6.30. The summed E-state index contributed by atoms with van der Waals surface area (Å²) in [7, 11) is 0. The van der Waals surface area contributed by atoms with Crippen LogP contribution in [0, 0.1) is 6.92 Å². The van der Waals surface area contributed by atoms with Gasteiger partial charge in [-0.05, 0) is 44.5 Å². The maximum atomic E-state index is 12.2. The Balaban J connectivity index is 1.59. The number of hydrogen-bond acceptors (Lipinski definition) is 4. The standard InChI is InChI=1S/C22H28N2O4/c1-3-27-20-8-5-4-7-19(20)22(26)24-14-6-9-21(25)23-15-16-28-18-12-10-17(2)11-13-18/h4-5,7-8,10-13H,3,6,9,14-16H2,1-2H3,(H,23,25)(H,24,26). The fourth-order valence-corrected chi connectivity index (χ4v) is 2.56. The SMILES string of the molecule is CCOc1ccccc1C(=O)NCCCC(=O)NCCOc1ccc(C)cc1. The van der Waals surface area contributed by atoms with Crippen LogP contribution in [0.15, 0.2) is 48.5 Å². The molecule has 2 N–H and O–H groups in total. The van der Waals surface area contributed by atoms with E-state index in [2.05, 4.69) is 10.6 Å². The predicted molar refractivity (Wildman–Crippen MR) is 109 cm³/mol. The van der Waals surface area contributed by atoms with Gasteiger partial charge in [-0.3, -0.25) is 9.59 Å². The molecule has 0 aliphatic heterocycles. The molecule has 2 aromatic carbocycles. The summed E-state index contributed by atoms with van der Waals surface area (Å²) in [6.07, 6.45) is 0.908. The van der Waals surface area contributed by atoms with Crippen molar-refractivity contribution in [3.05, 3.63) is 59.7 Å². The minimum Gasteiger partial charge on any atom is -0.493 e. The van der Waals surface area contributed by atoms with E-state index in [1.54, 1.807) is 18.2 Å². The minimum absolute atomic E-state index is 0.0588. The van der Waals surface area contributed by atoms with Crippen molar-refractivity contribution in [3.8, 4) is 11.5 Å². The van der Waals surface area contributed by atoms with E-state index < -0.39 is 0 Å². The number of rotatable bonds is 11. The lowest BCUT2D eigenvalue weighted by molar-refractivity contribution is -0.121. The molecule has 2 aromatic rings. The highest BCUT2D eigenvalue weighted by Crippen LogP contribution is 2.17. The van der Waals surface area contributed by atoms with Crippen molar-refractivity contribution in [2.24, 2.45) is 0 Å². The summed E-state index contributed by atoms with van der Waals surface area (Å²) < 4.78 is 11.0. The van der Waals surface area contributed by atoms with Crippen LogP contribution in [0.1, 0.15) is 35.7 Å². The summed E-state index contributed by atoms with van der Waals surface area (Å²) in [6.45, 7) is 5.68. The second kappa shape index (κ2) is 11.6. The zero-order valence-corrected chi connectivity index (χ0v) is 16.5. The molecule has 0 aliphatic carbocycles. The first-order chi connectivity index (χ1) is 13.6. The Morgan fingerprint density at radius 2 is 1.68 bits per heavy atom. The molecule has 0 radical (unpaired) electrons. The number of aryl methyl sites for hydroxylation is 1. The Hall–Kier alpha value is -3.02. The van der Waals surface area contributed by atoms with Gasteiger partial charge in [-0.2, -0.15) is 0 Å². The van der Waals surface area contributed by atoms with Crippen LogP contribution in [-0.4, -0.2) is 38.1 Å². The zero-order valence-electron chi connectivity index (χ0n) is 16.5. The number of ether oxygens (including phenoxy) is 2. The fourth-order valence-electron chi connectivity index (χ4n) is 2.56. The number of nitrogens with one attached hydrogen (secondary N) is 2. The van der Waals surface area contributed by atoms with Crippen LogP contribution in [0.5, 0.6) is 11.5 Å². The molecule has 28 heavy (non-hydrogen) atoms. The van der Waals surface area contributed by atoms with Crippen LogP contribution in [0.4, 0.5) is 0 Å². The smallest absolute Gasteiger partial charge is 0.255 e. The molecule has 150 valence electrons. The van der Waals surface area contributed by atoms with Crippen molar-refractivity contribution in [1.29, 1.82) is 0 Å². The minimum atomic E-state index is -0.198. The number of carbonyl (C=O) groups excluding carboxylic acids is 2. The van der Waals surface area contributed by atoms with Crippen molar-refractivity contribution in [2.45, 2.75) is 26.7 Å². The summed E-state index contributed by atoms with van der Waals surface area (Å²) in [5.74, 6) is 1.09. The number of para-hydroxylation sites is 1. The van der Waals surface area contributed by atoms with E-state index in [0.717, 1.165) is 5.75 Å². The van der Waals surface area contributed by atoms with Crippen molar-refractivity contribution < 1.29 is 19.1 Å². The van der Waals surface area contributed by atoms with Gasteiger partial charge < -0.3 is 20.1 Å². The van der Waals surface area contributed by atoms with Gasteiger partial charge in [0.15, 0.2) is 0 Å². The summed E-state index contributed by atoms with van der Waals surface area (Å²) in [5.41, 5.74) is 1.68. The van der Waals surface area contributed by atoms with Gasteiger partial charge in [-0.25, -0.2) is 0 Å². The largest absolute Gasteiger partial charge is 0.493 e. The lowest BCUT2D eigenvalue weighted by atomic mass is 10.2. The Morgan fingerprint density at radius 1 is 0.929 bits per heavy atom. The summed E-state index contributed by atoms with van der Waals surface area (Å²) in [6, 6.07) is 14.9. The van der Waals surface area contributed by atoms with Gasteiger partial charge in [0, 0.05) is 13.0 Å². The van der Waals surface area contributed by atoms with Gasteiger partial charge in [0.05, 0.1) is 18.7 Å². The predicted octanol–water partition coefficient (Wildman–Crippen LogP) is 3.10. The molecule has 0 bridgehead atoms. The third-order valence-electron chi connectivity index (χ3n) is 4.01. The van der Waals surface area contributed by atoms with E-state index in [1.807, 2.05) is 44.2 Å². The van der Waals surface area contributed by atoms with Crippen LogP contribution < -0.4 is 20.1 Å². The second-order valence-corrected chi connectivity index (χ2v) is 6.30. The van der Waals surface area contributed by atoms with Crippen molar-refractivity contribution in [3.63, 3.8) is 0 Å². The Labute approximate surface area is 166 Å². The highest BCUT2D eigenvalue weighted by molar-refractivity contribution is 5.96. The Morgan fingerprint density at radius 3 is 2.43 bits per heavy atom. The zero-order chi connectivity index (χ0) is 20.2. The monoisotopic (exact) mass is 384 g/mol. The molecular formula is C22H28N2O4. The molecule has 2 rings (SSSR count). The highest BCUT2D eigenvalue weighted by atomic mass is 16.5. The summed E-state index contributed by atoms with van der Waals surface area (Å²) >= 11 is 0. The lowest BCUT2D eigenvalue weighted by Crippen LogP contribution is -2.30. The van der Waals surface area contributed by atoms with E-state index >= 15 is 0 Å². The van der Waals surface area contributed by atoms with E-state index in [0.29, 0.717) is 50.5 Å². The molecule has 0 aromatic heterocycles. The number of amides is 2. The van der Waals surface area contributed by atoms with Gasteiger partial charge in [0.2, 0.25) is 5.91 Å². The van der Waals surface area contributed by atoms with Crippen molar-refractivity contribution in [1.82, 2.24) is 10.6 Å². The quantitative estimate of drug-likeness (QED) is 0.584. The number of benzene rings is 2. The average molecular weight is 384 g/mol. The number of hydrogen-bond donors (Lipinski definition) is 2. The van der Waals surface area contributed by atoms with Crippen LogP contribution in [0.3, 0.4) is 0 Å². The van der Waals surface area contributed by atoms with Crippen LogP contribution in [-0.2, 0) is 4.79 Å². The molecule has 6 heteroatoms. The topological polar surface area (TPSA) is 76.7 Å². The van der Waals surface area contributed by atoms with E-state index in [1.165, 1.54) is 5.56 Å². The van der Waals surface area contributed by atoms with E-state index in [9.17, 15) is 9.59 Å². The van der Waals surface area contributed by atoms with Crippen LogP contribution in [0.2, 0.25) is 0 Å². The first-order valence-corrected chi connectivity index (χ1v) is 9.56. The summed E-state index contributed by atoms with van der Waals surface area (Å²) in [4.78, 5) is 24.1. The normalized spacial score (nSPS) is 10.2. The Bertz CT molecular complexity index is 759. The Kier molecular flexibility index (Phi) is 8.85. The van der Waals surface area contributed by atoms with Crippen molar-refractivity contribution >= 4 is 11.8 Å². The van der Waals surface area contributed by atoms with E-state index in [-0.39, 0.29) is 11.8 Å². The van der Waals surface area contributed by atoms with Gasteiger partial charge >= 0.3 is 0 Å². The number of carbonyl (C=O) groups is 2. The molecule has 0 heterocycles. The van der Waals surface area contributed by atoms with Crippen LogP contribution in [0.25, 0.3) is 0 Å². The summed E-state index contributed by atoms with van der Waals surface area (Å²) in [5, 5.41) is 5.64. The molecular weight excluding hydrogens is 356 g/mol. The fraction of sp³-hybridized carbons (Fsp3) is 0.364. The molecule has 2 amide bonds. The molecule has 0 spiro atoms. The molecule has 0 saturated heterocycles. The molecule has 0 atom stereocenters. The van der Waals surface area contributed by atoms with Crippen LogP contribution >= 0.6 is 0 Å². The third-order valence-corrected chi connectivity index (χ3v) is 4.01. The lowest BCUT2D eigenvalue weighted by Gasteiger charge is -2.10. The third kappa shape index (κ3) is 7.31. The molecule has 0 fully saturated rings. The van der Waals surface area contributed by atoms with Gasteiger partial charge in [-0.1, -0.05) is 29.8 Å². The molecule has 0 saturated carbocycles. The average Bonchev–Trinajstić information content (AvgIpc) is 2.70. The highest BCUT2D eigenvalue weighted by Gasteiger charge is 2.11. The van der Waals surface area contributed by atoms with Gasteiger partial charge in [0.1, 0.15) is 18.1 Å². The molecule has 6 nitrogen and oxygen atoms in total. The maximum absolute atomic E-state index is 12.2. The van der Waals surface area contributed by atoms with E-state index in [4.69, 9.17) is 9.47 Å². The maximum Gasteiger partial charge on any atom is 0.255 e. The molecule has 0 aliphatic rings. The van der Waals surface area contributed by atoms with Crippen molar-refractivity contribution in [2.75, 3.05) is 26.3 Å². The molecule has 0 unspecified atom stereocenters. The first-order valence-electron chi connectivity index (χ1n) is 9.56.